The highest BCUT2D eigenvalue weighted by atomic mass is 16.3. The van der Waals surface area contributed by atoms with Crippen LogP contribution in [0.15, 0.2) is 61.3 Å². The summed E-state index contributed by atoms with van der Waals surface area (Å²) in [5.41, 5.74) is 4.75. The van der Waals surface area contributed by atoms with Gasteiger partial charge in [0.1, 0.15) is 12.1 Å². The predicted octanol–water partition coefficient (Wildman–Crippen LogP) is 2.59. The first-order valence-corrected chi connectivity index (χ1v) is 9.89. The minimum atomic E-state index is -0.129. The fraction of sp³-hybridized carbons (Fsp3) is 0.174. The second kappa shape index (κ2) is 9.27. The average Bonchev–Trinajstić information content (AvgIpc) is 2.83. The molecule has 0 saturated heterocycles. The van der Waals surface area contributed by atoms with E-state index in [9.17, 15) is 9.90 Å². The molecule has 0 saturated carbocycles. The van der Waals surface area contributed by atoms with Crippen molar-refractivity contribution in [1.82, 2.24) is 25.3 Å². The Morgan fingerprint density at radius 3 is 2.84 bits per heavy atom. The zero-order chi connectivity index (χ0) is 21.6. The number of aliphatic hydroxyl groups excluding tert-OH is 1. The molecule has 156 valence electrons. The molecule has 0 fully saturated rings. The van der Waals surface area contributed by atoms with Crippen molar-refractivity contribution in [3.8, 4) is 11.3 Å². The number of anilines is 1. The van der Waals surface area contributed by atoms with Gasteiger partial charge in [0.2, 0.25) is 0 Å². The Kier molecular flexibility index (Phi) is 6.09. The van der Waals surface area contributed by atoms with Crippen LogP contribution in [-0.4, -0.2) is 44.5 Å². The van der Waals surface area contributed by atoms with Crippen LogP contribution in [0.25, 0.3) is 22.2 Å². The zero-order valence-corrected chi connectivity index (χ0v) is 17.0. The van der Waals surface area contributed by atoms with Gasteiger partial charge in [-0.1, -0.05) is 18.2 Å². The van der Waals surface area contributed by atoms with E-state index in [1.807, 2.05) is 30.3 Å². The number of aromatic nitrogens is 4. The van der Waals surface area contributed by atoms with Crippen molar-refractivity contribution in [3.63, 3.8) is 0 Å². The molecule has 1 amide bonds. The number of benzene rings is 1. The number of carbonyl (C=O) groups is 1. The molecule has 0 aliphatic carbocycles. The zero-order valence-electron chi connectivity index (χ0n) is 17.0. The molecule has 31 heavy (non-hydrogen) atoms. The van der Waals surface area contributed by atoms with Crippen LogP contribution in [0.4, 0.5) is 5.82 Å². The highest BCUT2D eigenvalue weighted by Crippen LogP contribution is 2.22. The summed E-state index contributed by atoms with van der Waals surface area (Å²) in [6, 6.07) is 11.3. The Hall–Kier alpha value is -3.91. The predicted molar refractivity (Wildman–Crippen MR) is 119 cm³/mol. The van der Waals surface area contributed by atoms with Crippen LogP contribution in [0.2, 0.25) is 0 Å². The van der Waals surface area contributed by atoms with Gasteiger partial charge in [0.15, 0.2) is 0 Å². The van der Waals surface area contributed by atoms with Crippen molar-refractivity contribution in [2.45, 2.75) is 13.0 Å². The van der Waals surface area contributed by atoms with Crippen molar-refractivity contribution < 1.29 is 9.90 Å². The third-order valence-electron chi connectivity index (χ3n) is 4.97. The molecule has 0 radical (unpaired) electrons. The van der Waals surface area contributed by atoms with Gasteiger partial charge in [0.25, 0.3) is 5.91 Å². The number of rotatable bonds is 7. The lowest BCUT2D eigenvalue weighted by atomic mass is 10.0. The molecule has 8 heteroatoms. The molecule has 3 heterocycles. The van der Waals surface area contributed by atoms with Gasteiger partial charge in [-0.3, -0.25) is 14.8 Å². The summed E-state index contributed by atoms with van der Waals surface area (Å²) < 4.78 is 0. The number of para-hydroxylation sites is 1. The quantitative estimate of drug-likeness (QED) is 0.426. The first kappa shape index (κ1) is 20.4. The van der Waals surface area contributed by atoms with E-state index in [1.54, 1.807) is 31.7 Å². The Morgan fingerprint density at radius 1 is 1.10 bits per heavy atom. The molecule has 0 unspecified atom stereocenters. The van der Waals surface area contributed by atoms with Gasteiger partial charge in [0.05, 0.1) is 23.4 Å². The lowest BCUT2D eigenvalue weighted by Crippen LogP contribution is -2.18. The molecule has 4 aromatic rings. The maximum Gasteiger partial charge on any atom is 0.251 e. The molecule has 3 aromatic heterocycles. The third-order valence-corrected chi connectivity index (χ3v) is 4.97. The Bertz CT molecular complexity index is 1230. The van der Waals surface area contributed by atoms with Gasteiger partial charge in [-0.05, 0) is 29.7 Å². The molecule has 0 aliphatic rings. The maximum absolute atomic E-state index is 12.1. The number of fused-ring (bicyclic) bond motifs is 1. The van der Waals surface area contributed by atoms with Crippen LogP contribution in [0, 0.1) is 0 Å². The van der Waals surface area contributed by atoms with E-state index >= 15 is 0 Å². The molecule has 4 rings (SSSR count). The summed E-state index contributed by atoms with van der Waals surface area (Å²) in [4.78, 5) is 29.4. The van der Waals surface area contributed by atoms with Crippen molar-refractivity contribution >= 4 is 22.6 Å². The van der Waals surface area contributed by atoms with E-state index in [2.05, 4.69) is 30.6 Å². The van der Waals surface area contributed by atoms with Gasteiger partial charge in [-0.15, -0.1) is 0 Å². The van der Waals surface area contributed by atoms with Gasteiger partial charge >= 0.3 is 0 Å². The average molecular weight is 414 g/mol. The largest absolute Gasteiger partial charge is 0.392 e. The summed E-state index contributed by atoms with van der Waals surface area (Å²) in [7, 11) is 1.62. The third kappa shape index (κ3) is 4.49. The van der Waals surface area contributed by atoms with Gasteiger partial charge in [-0.2, -0.15) is 0 Å². The molecular weight excluding hydrogens is 392 g/mol. The fourth-order valence-electron chi connectivity index (χ4n) is 3.42. The van der Waals surface area contributed by atoms with Crippen molar-refractivity contribution in [3.05, 3.63) is 78.0 Å². The summed E-state index contributed by atoms with van der Waals surface area (Å²) >= 11 is 0. The number of amides is 1. The molecule has 0 bridgehead atoms. The van der Waals surface area contributed by atoms with Crippen LogP contribution in [0.1, 0.15) is 21.5 Å². The van der Waals surface area contributed by atoms with Gasteiger partial charge < -0.3 is 15.7 Å². The van der Waals surface area contributed by atoms with Crippen LogP contribution in [0.3, 0.4) is 0 Å². The molecule has 0 atom stereocenters. The molecular formula is C23H22N6O2. The first-order valence-electron chi connectivity index (χ1n) is 9.89. The van der Waals surface area contributed by atoms with Crippen LogP contribution in [-0.2, 0) is 13.0 Å². The lowest BCUT2D eigenvalue weighted by molar-refractivity contribution is 0.0964. The van der Waals surface area contributed by atoms with E-state index < -0.39 is 0 Å². The number of hydrogen-bond donors (Lipinski definition) is 3. The van der Waals surface area contributed by atoms with Gasteiger partial charge in [0, 0.05) is 49.2 Å². The SMILES string of the molecule is CNC(=O)c1ccnc2c(CCNc3cc(-c4cncc(CO)c4)ncn3)cccc12. The number of hydrogen-bond acceptors (Lipinski definition) is 7. The van der Waals surface area contributed by atoms with Gasteiger partial charge in [-0.25, -0.2) is 9.97 Å². The topological polar surface area (TPSA) is 113 Å². The van der Waals surface area contributed by atoms with Crippen LogP contribution >= 0.6 is 0 Å². The normalized spacial score (nSPS) is 10.8. The summed E-state index contributed by atoms with van der Waals surface area (Å²) in [6.07, 6.45) is 7.20. The fourth-order valence-corrected chi connectivity index (χ4v) is 3.42. The van der Waals surface area contributed by atoms with Crippen LogP contribution < -0.4 is 10.6 Å². The Balaban J connectivity index is 1.50. The second-order valence-corrected chi connectivity index (χ2v) is 6.96. The molecule has 0 aliphatic heterocycles. The minimum Gasteiger partial charge on any atom is -0.392 e. The summed E-state index contributed by atoms with van der Waals surface area (Å²) in [6.45, 7) is 0.564. The van der Waals surface area contributed by atoms with Crippen molar-refractivity contribution in [2.24, 2.45) is 0 Å². The number of carbonyl (C=O) groups excluding carboxylic acids is 1. The van der Waals surface area contributed by atoms with E-state index in [-0.39, 0.29) is 12.5 Å². The smallest absolute Gasteiger partial charge is 0.251 e. The number of nitrogens with zero attached hydrogens (tertiary/aromatic N) is 4. The van der Waals surface area contributed by atoms with E-state index in [0.717, 1.165) is 33.3 Å². The van der Waals surface area contributed by atoms with Crippen molar-refractivity contribution in [1.29, 1.82) is 0 Å². The Morgan fingerprint density at radius 2 is 2.00 bits per heavy atom. The maximum atomic E-state index is 12.1. The second-order valence-electron chi connectivity index (χ2n) is 6.96. The van der Waals surface area contributed by atoms with E-state index in [0.29, 0.717) is 24.3 Å². The highest BCUT2D eigenvalue weighted by molar-refractivity contribution is 6.06. The molecule has 8 nitrogen and oxygen atoms in total. The van der Waals surface area contributed by atoms with Crippen LogP contribution in [0.5, 0.6) is 0 Å². The summed E-state index contributed by atoms with van der Waals surface area (Å²) in [5, 5.41) is 16.1. The number of aliphatic hydroxyl groups is 1. The number of nitrogens with one attached hydrogen (secondary N) is 2. The lowest BCUT2D eigenvalue weighted by Gasteiger charge is -2.10. The molecule has 1 aromatic carbocycles. The first-order chi connectivity index (χ1) is 15.2. The van der Waals surface area contributed by atoms with E-state index in [4.69, 9.17) is 0 Å². The van der Waals surface area contributed by atoms with E-state index in [1.165, 1.54) is 6.33 Å². The highest BCUT2D eigenvalue weighted by Gasteiger charge is 2.11. The minimum absolute atomic E-state index is 0.0717. The monoisotopic (exact) mass is 414 g/mol. The number of pyridine rings is 2. The Labute approximate surface area is 179 Å². The summed E-state index contributed by atoms with van der Waals surface area (Å²) in [5.74, 6) is 0.564. The van der Waals surface area contributed by atoms with Crippen molar-refractivity contribution in [2.75, 3.05) is 18.9 Å². The molecule has 3 N–H and O–H groups in total. The molecule has 0 spiro atoms. The standard InChI is InChI=1S/C23H22N6O2/c1-24-23(31)19-6-8-27-22-16(3-2-4-18(19)22)5-7-26-21-10-20(28-14-29-21)17-9-15(13-30)11-25-12-17/h2-4,6,8-12,14,30H,5,7,13H2,1H3,(H,24,31)(H,26,28,29).